The lowest BCUT2D eigenvalue weighted by atomic mass is 9.79. The van der Waals surface area contributed by atoms with E-state index >= 15 is 0 Å². The average Bonchev–Trinajstić information content (AvgIpc) is 3.28. The Morgan fingerprint density at radius 2 is 1.91 bits per heavy atom. The van der Waals surface area contributed by atoms with Crippen molar-refractivity contribution in [1.82, 2.24) is 20.1 Å². The van der Waals surface area contributed by atoms with Crippen molar-refractivity contribution >= 4 is 40.0 Å². The van der Waals surface area contributed by atoms with Crippen LogP contribution >= 0.6 is 0 Å². The number of rotatable bonds is 2. The number of aromatic amines is 1. The summed E-state index contributed by atoms with van der Waals surface area (Å²) in [5.41, 5.74) is 4.97. The van der Waals surface area contributed by atoms with Crippen molar-refractivity contribution < 1.29 is 14.4 Å². The highest BCUT2D eigenvalue weighted by Gasteiger charge is 2.41. The first-order chi connectivity index (χ1) is 16.6. The van der Waals surface area contributed by atoms with E-state index in [4.69, 9.17) is 0 Å². The minimum absolute atomic E-state index is 0.0513. The molecule has 1 saturated heterocycles. The van der Waals surface area contributed by atoms with E-state index in [1.807, 2.05) is 54.7 Å². The maximum absolute atomic E-state index is 13.5. The van der Waals surface area contributed by atoms with Crippen molar-refractivity contribution in [1.29, 1.82) is 0 Å². The molecule has 0 unspecified atom stereocenters. The number of hydrogen-bond donors (Lipinski definition) is 3. The van der Waals surface area contributed by atoms with Crippen LogP contribution in [-0.2, 0) is 16.0 Å². The van der Waals surface area contributed by atoms with Crippen molar-refractivity contribution in [2.45, 2.75) is 12.5 Å². The minimum Gasteiger partial charge on any atom is -0.361 e. The van der Waals surface area contributed by atoms with Crippen LogP contribution in [0, 0.1) is 5.92 Å². The SMILES string of the molecule is O=C1CN(C(=O)[C@@H]2C=C3c4cccc5[nH]cc(c45)C[C@H]3N(C(=O)Nc3ccccc3)C2)CCN1. The summed E-state index contributed by atoms with van der Waals surface area (Å²) in [6, 6.07) is 15.0. The van der Waals surface area contributed by atoms with Gasteiger partial charge >= 0.3 is 6.03 Å². The Morgan fingerprint density at radius 3 is 2.74 bits per heavy atom. The maximum atomic E-state index is 13.5. The van der Waals surface area contributed by atoms with Gasteiger partial charge in [-0.1, -0.05) is 36.4 Å². The number of nitrogens with one attached hydrogen (secondary N) is 3. The highest BCUT2D eigenvalue weighted by Crippen LogP contribution is 2.41. The number of carbonyl (C=O) groups excluding carboxylic acids is 3. The van der Waals surface area contributed by atoms with Gasteiger partial charge in [0.1, 0.15) is 0 Å². The van der Waals surface area contributed by atoms with Gasteiger partial charge in [0.05, 0.1) is 18.5 Å². The van der Waals surface area contributed by atoms with Gasteiger partial charge in [0, 0.05) is 42.4 Å². The zero-order valence-electron chi connectivity index (χ0n) is 18.6. The molecule has 6 rings (SSSR count). The molecule has 0 spiro atoms. The third-order valence-electron chi connectivity index (χ3n) is 6.97. The molecule has 3 heterocycles. The molecule has 2 aromatic carbocycles. The Morgan fingerprint density at radius 1 is 1.06 bits per heavy atom. The summed E-state index contributed by atoms with van der Waals surface area (Å²) >= 11 is 0. The summed E-state index contributed by atoms with van der Waals surface area (Å²) in [6.45, 7) is 1.23. The number of aromatic nitrogens is 1. The minimum atomic E-state index is -0.519. The molecule has 34 heavy (non-hydrogen) atoms. The van der Waals surface area contributed by atoms with Crippen molar-refractivity contribution in [3.05, 3.63) is 71.9 Å². The number of amides is 4. The van der Waals surface area contributed by atoms with Crippen LogP contribution in [0.15, 0.2) is 60.8 Å². The maximum Gasteiger partial charge on any atom is 0.322 e. The smallest absolute Gasteiger partial charge is 0.322 e. The van der Waals surface area contributed by atoms with Crippen LogP contribution in [0.25, 0.3) is 16.5 Å². The topological polar surface area (TPSA) is 97.5 Å². The van der Waals surface area contributed by atoms with Crippen LogP contribution in [0.3, 0.4) is 0 Å². The molecule has 0 bridgehead atoms. The number of piperazine rings is 1. The first kappa shape index (κ1) is 20.5. The molecule has 4 amide bonds. The molecule has 3 aliphatic rings. The number of carbonyl (C=O) groups is 3. The molecule has 1 fully saturated rings. The van der Waals surface area contributed by atoms with Crippen LogP contribution < -0.4 is 10.6 Å². The fraction of sp³-hybridized carbons (Fsp3) is 0.269. The third kappa shape index (κ3) is 3.42. The zero-order valence-corrected chi connectivity index (χ0v) is 18.6. The van der Waals surface area contributed by atoms with Crippen LogP contribution in [0.4, 0.5) is 10.5 Å². The third-order valence-corrected chi connectivity index (χ3v) is 6.97. The molecule has 8 nitrogen and oxygen atoms in total. The van der Waals surface area contributed by atoms with Gasteiger partial charge in [-0.05, 0) is 41.3 Å². The quantitative estimate of drug-likeness (QED) is 0.554. The molecule has 1 aliphatic carbocycles. The van der Waals surface area contributed by atoms with Gasteiger partial charge in [-0.15, -0.1) is 0 Å². The van der Waals surface area contributed by atoms with Gasteiger partial charge in [0.25, 0.3) is 0 Å². The van der Waals surface area contributed by atoms with Gasteiger partial charge in [-0.2, -0.15) is 0 Å². The van der Waals surface area contributed by atoms with E-state index in [1.54, 1.807) is 9.80 Å². The van der Waals surface area contributed by atoms with E-state index < -0.39 is 5.92 Å². The molecule has 8 heteroatoms. The summed E-state index contributed by atoms with van der Waals surface area (Å²) in [7, 11) is 0. The molecule has 3 N–H and O–H groups in total. The number of hydrogen-bond acceptors (Lipinski definition) is 3. The number of benzene rings is 2. The molecule has 3 aromatic rings. The number of urea groups is 1. The van der Waals surface area contributed by atoms with Gasteiger partial charge in [-0.3, -0.25) is 9.59 Å². The largest absolute Gasteiger partial charge is 0.361 e. The summed E-state index contributed by atoms with van der Waals surface area (Å²) in [6.07, 6.45) is 4.72. The van der Waals surface area contributed by atoms with E-state index in [0.29, 0.717) is 25.2 Å². The molecule has 2 atom stereocenters. The molecular weight excluding hydrogens is 430 g/mol. The van der Waals surface area contributed by atoms with Crippen LogP contribution in [-0.4, -0.2) is 64.9 Å². The fourth-order valence-corrected chi connectivity index (χ4v) is 5.39. The Kier molecular flexibility index (Phi) is 4.86. The van der Waals surface area contributed by atoms with Crippen LogP contribution in [0.2, 0.25) is 0 Å². The second-order valence-corrected chi connectivity index (χ2v) is 9.05. The average molecular weight is 456 g/mol. The molecular formula is C26H25N5O3. The monoisotopic (exact) mass is 455 g/mol. The lowest BCUT2D eigenvalue weighted by molar-refractivity contribution is -0.140. The molecule has 0 radical (unpaired) electrons. The highest BCUT2D eigenvalue weighted by molar-refractivity contribution is 6.01. The normalized spacial score (nSPS) is 21.5. The summed E-state index contributed by atoms with van der Waals surface area (Å²) in [5, 5.41) is 6.91. The van der Waals surface area contributed by atoms with Gasteiger partial charge in [0.15, 0.2) is 0 Å². The Labute approximate surface area is 196 Å². The van der Waals surface area contributed by atoms with Gasteiger partial charge < -0.3 is 25.4 Å². The Balaban J connectivity index is 1.39. The summed E-state index contributed by atoms with van der Waals surface area (Å²) in [5.74, 6) is -0.793. The van der Waals surface area contributed by atoms with E-state index in [2.05, 4.69) is 21.7 Å². The van der Waals surface area contributed by atoms with Crippen molar-refractivity contribution in [2.24, 2.45) is 5.92 Å². The van der Waals surface area contributed by atoms with Crippen LogP contribution in [0.1, 0.15) is 11.1 Å². The van der Waals surface area contributed by atoms with Crippen LogP contribution in [0.5, 0.6) is 0 Å². The Hall–Kier alpha value is -4.07. The zero-order chi connectivity index (χ0) is 23.2. The second-order valence-electron chi connectivity index (χ2n) is 9.05. The number of H-pyrrole nitrogens is 1. The molecule has 2 aliphatic heterocycles. The summed E-state index contributed by atoms with van der Waals surface area (Å²) < 4.78 is 0. The summed E-state index contributed by atoms with van der Waals surface area (Å²) in [4.78, 5) is 45.6. The Bertz CT molecular complexity index is 1330. The lowest BCUT2D eigenvalue weighted by Crippen LogP contribution is -2.56. The number of anilines is 1. The second kappa shape index (κ2) is 8.06. The standard InChI is InChI=1S/C26H25N5O3/c32-23-15-30(10-9-27-23)25(33)17-11-20-19-7-4-8-21-24(19)16(13-28-21)12-22(20)31(14-17)26(34)29-18-5-2-1-3-6-18/h1-8,11,13,17,22,28H,9-10,12,14-15H2,(H,27,32)(H,29,34)/t17-,22-/m1/s1. The number of nitrogens with zero attached hydrogens (tertiary/aromatic N) is 2. The van der Waals surface area contributed by atoms with E-state index in [0.717, 1.165) is 22.0 Å². The first-order valence-corrected chi connectivity index (χ1v) is 11.6. The van der Waals surface area contributed by atoms with Crippen molar-refractivity contribution in [2.75, 3.05) is 31.5 Å². The van der Waals surface area contributed by atoms with Crippen molar-refractivity contribution in [3.63, 3.8) is 0 Å². The van der Waals surface area contributed by atoms with Gasteiger partial charge in [-0.25, -0.2) is 4.79 Å². The van der Waals surface area contributed by atoms with E-state index in [-0.39, 0.29) is 37.0 Å². The fourth-order valence-electron chi connectivity index (χ4n) is 5.39. The number of fused-ring (bicyclic) bond motifs is 2. The lowest BCUT2D eigenvalue weighted by Gasteiger charge is -2.42. The first-order valence-electron chi connectivity index (χ1n) is 11.6. The molecule has 172 valence electrons. The molecule has 1 aromatic heterocycles. The van der Waals surface area contributed by atoms with Crippen molar-refractivity contribution in [3.8, 4) is 0 Å². The van der Waals surface area contributed by atoms with Gasteiger partial charge in [0.2, 0.25) is 11.8 Å². The highest BCUT2D eigenvalue weighted by atomic mass is 16.2. The molecule has 0 saturated carbocycles. The predicted molar refractivity (Wildman–Crippen MR) is 129 cm³/mol. The van der Waals surface area contributed by atoms with E-state index in [9.17, 15) is 14.4 Å². The predicted octanol–water partition coefficient (Wildman–Crippen LogP) is 2.60. The number of para-hydroxylation sites is 1. The van der Waals surface area contributed by atoms with E-state index in [1.165, 1.54) is 5.56 Å².